The van der Waals surface area contributed by atoms with Crippen molar-refractivity contribution in [1.29, 1.82) is 0 Å². The van der Waals surface area contributed by atoms with Crippen LogP contribution in [0.3, 0.4) is 0 Å². The standard InChI is InChI=1S/C37H46NO2P.C32H12BF24.C8H12.Ir/c1-29-35(38-36(39-29)32-21-11-4-12-22-32)37(27-30-17-7-2-8-18-30,28-31-19-9-3-10-20-31)40-41(33-23-13-5-14-24-33)34-25-15-6-16-26-34;34-25(35,36)13-1-14(26(37,38)39)6-21(5-13)33(22-7-15(27(40,41)42)2-16(8-22)28(43,44)45,23-9-17(29(46,47)48)3-18(10-23)30(49,50)51)24-11-19(31(52,53)54)4-20(12-24)32(55,56)57;1-2-4-6-8-7-5-3-1;/h2-4,7-12,17-22,29,33-35H,5-6,13-16,23-28H2,1H3;1-12H;1-2,7-8H,3-6H2;/q;-1;;/p+1/b;;2-1-,8-7-;/t29-,35-;;;/m1.../s1. The molecule has 1 heterocycles. The van der Waals surface area contributed by atoms with Crippen LogP contribution in [0.25, 0.3) is 0 Å². The third-order valence-corrected chi connectivity index (χ3v) is 22.8. The van der Waals surface area contributed by atoms with E-state index in [2.05, 4.69) is 122 Å². The van der Waals surface area contributed by atoms with Crippen LogP contribution in [-0.4, -0.2) is 41.1 Å². The van der Waals surface area contributed by atoms with Gasteiger partial charge < -0.3 is 4.74 Å². The second-order valence-electron chi connectivity index (χ2n) is 27.0. The molecule has 0 bridgehead atoms. The largest absolute Gasteiger partial charge is 0.472 e. The quantitative estimate of drug-likeness (QED) is 0.0470. The number of rotatable bonds is 14. The van der Waals surface area contributed by atoms with Crippen LogP contribution in [0.1, 0.15) is 158 Å². The second-order valence-corrected chi connectivity index (χ2v) is 29.6. The van der Waals surface area contributed by atoms with Crippen LogP contribution < -0.4 is 21.9 Å². The van der Waals surface area contributed by atoms with E-state index in [0.717, 1.165) is 35.6 Å². The molecule has 11 rings (SSSR count). The van der Waals surface area contributed by atoms with Gasteiger partial charge in [0.1, 0.15) is 32.0 Å². The number of aliphatic imine (C=N–C) groups is 1. The normalized spacial score (nSPS) is 18.3. The van der Waals surface area contributed by atoms with Crippen molar-refractivity contribution in [2.45, 2.75) is 188 Å². The fraction of sp³-hybridized carbons (Fsp3) is 0.390. The molecule has 7 aromatic rings. The molecule has 1 aliphatic heterocycles. The summed E-state index contributed by atoms with van der Waals surface area (Å²) in [6, 6.07) is 23.6. The van der Waals surface area contributed by atoms with Gasteiger partial charge in [-0.15, -0.1) is 0 Å². The molecule has 2 fully saturated rings. The number of ether oxygens (including phenoxy) is 1. The molecule has 0 amide bonds. The summed E-state index contributed by atoms with van der Waals surface area (Å²) in [5.41, 5.74) is -25.5. The van der Waals surface area contributed by atoms with Crippen LogP contribution in [0.4, 0.5) is 105 Å². The van der Waals surface area contributed by atoms with E-state index in [1.165, 1.54) is 101 Å². The first-order chi connectivity index (χ1) is 49.5. The average Bonchev–Trinajstić information content (AvgIpc) is 1.18. The first kappa shape index (κ1) is 85.5. The van der Waals surface area contributed by atoms with E-state index in [4.69, 9.17) is 14.3 Å². The zero-order valence-corrected chi connectivity index (χ0v) is 60.2. The molecule has 581 valence electrons. The molecule has 2 atom stereocenters. The van der Waals surface area contributed by atoms with Gasteiger partial charge in [0.15, 0.2) is 0 Å². The third-order valence-electron chi connectivity index (χ3n) is 19.4. The Bertz CT molecular complexity index is 3630. The molecule has 7 aromatic carbocycles. The fourth-order valence-electron chi connectivity index (χ4n) is 14.5. The SMILES string of the molecule is C1=C\CC/C=C\CC/1.C[C@H]1OC(c2ccccc2)=N[C@H]1C(Cc1ccccc1)(Cc1ccccc1)O[PH+](C1CCCCC1)C1CCCCC1.FC(F)(F)c1cc([B-](c2cc(C(F)(F)F)cc(C(F)(F)F)c2)(c2cc(C(F)(F)F)cc(C(F)(F)F)c2)c2cc(C(F)(F)F)cc(C(F)(F)F)c2)cc(C(F)(F)F)c1.[Ir]. The first-order valence-corrected chi connectivity index (χ1v) is 35.6. The molecule has 0 N–H and O–H groups in total. The van der Waals surface area contributed by atoms with E-state index in [1.807, 2.05) is 0 Å². The van der Waals surface area contributed by atoms with Crippen LogP contribution >= 0.6 is 8.15 Å². The van der Waals surface area contributed by atoms with Crippen molar-refractivity contribution in [1.82, 2.24) is 0 Å². The number of halogens is 24. The Balaban J connectivity index is 0.000000251. The van der Waals surface area contributed by atoms with Crippen molar-refractivity contribution >= 4 is 42.0 Å². The maximum atomic E-state index is 14.2. The Hall–Kier alpha value is -7.09. The summed E-state index contributed by atoms with van der Waals surface area (Å²) < 4.78 is 355. The first-order valence-electron chi connectivity index (χ1n) is 34.1. The zero-order chi connectivity index (χ0) is 77.5. The van der Waals surface area contributed by atoms with Gasteiger partial charge in [-0.3, -0.25) is 0 Å². The topological polar surface area (TPSA) is 30.8 Å². The van der Waals surface area contributed by atoms with Crippen molar-refractivity contribution in [3.05, 3.63) is 249 Å². The number of alkyl halides is 24. The number of benzene rings is 7. The summed E-state index contributed by atoms with van der Waals surface area (Å²) in [4.78, 5) is 5.43. The predicted octanol–water partition coefficient (Wildman–Crippen LogP) is 23.1. The Morgan fingerprint density at radius 3 is 0.869 bits per heavy atom. The molecule has 3 aliphatic carbocycles. The van der Waals surface area contributed by atoms with Gasteiger partial charge in [-0.25, -0.2) is 9.52 Å². The number of hydrogen-bond donors (Lipinski definition) is 0. The third kappa shape index (κ3) is 21.9. The zero-order valence-electron chi connectivity index (χ0n) is 56.8. The van der Waals surface area contributed by atoms with Crippen molar-refractivity contribution in [2.24, 2.45) is 4.99 Å². The van der Waals surface area contributed by atoms with E-state index < -0.39 is 208 Å². The Morgan fingerprint density at radius 2 is 0.617 bits per heavy atom. The monoisotopic (exact) mass is 1730 g/mol. The van der Waals surface area contributed by atoms with E-state index in [0.29, 0.717) is 0 Å². The maximum absolute atomic E-state index is 14.2. The van der Waals surface area contributed by atoms with Gasteiger partial charge >= 0.3 is 49.4 Å². The van der Waals surface area contributed by atoms with E-state index in [-0.39, 0.29) is 32.3 Å². The van der Waals surface area contributed by atoms with Crippen molar-refractivity contribution in [2.75, 3.05) is 0 Å². The Kier molecular flexibility index (Phi) is 27.5. The molecule has 0 saturated heterocycles. The summed E-state index contributed by atoms with van der Waals surface area (Å²) in [5.74, 6) is 0.765. The second kappa shape index (κ2) is 34.4. The van der Waals surface area contributed by atoms with Crippen molar-refractivity contribution in [3.63, 3.8) is 0 Å². The molecule has 30 heteroatoms. The van der Waals surface area contributed by atoms with Crippen LogP contribution in [0, 0.1) is 0 Å². The molecule has 0 spiro atoms. The minimum Gasteiger partial charge on any atom is -0.472 e. The predicted molar refractivity (Wildman–Crippen MR) is 360 cm³/mol. The van der Waals surface area contributed by atoms with Crippen LogP contribution in [0.5, 0.6) is 0 Å². The van der Waals surface area contributed by atoms with E-state index in [1.54, 1.807) is 0 Å². The molecule has 107 heavy (non-hydrogen) atoms. The molecule has 2 saturated carbocycles. The Morgan fingerprint density at radius 1 is 0.364 bits per heavy atom. The van der Waals surface area contributed by atoms with Crippen molar-refractivity contribution in [3.8, 4) is 0 Å². The maximum Gasteiger partial charge on any atom is 0.416 e. The summed E-state index contributed by atoms with van der Waals surface area (Å²) in [6.45, 7) is 2.21. The van der Waals surface area contributed by atoms with Crippen molar-refractivity contribution < 1.29 is 135 Å². The van der Waals surface area contributed by atoms with E-state index >= 15 is 0 Å². The minimum atomic E-state index is -6.13. The van der Waals surface area contributed by atoms with Crippen LogP contribution in [-0.2, 0) is 91.6 Å². The van der Waals surface area contributed by atoms with Gasteiger partial charge in [-0.05, 0) is 131 Å². The van der Waals surface area contributed by atoms with Gasteiger partial charge in [0.2, 0.25) is 5.90 Å². The molecule has 1 radical (unpaired) electrons. The van der Waals surface area contributed by atoms with Gasteiger partial charge in [-0.1, -0.05) is 165 Å². The van der Waals surface area contributed by atoms with Gasteiger partial charge in [0.05, 0.1) is 55.8 Å². The average molecular weight is 1730 g/mol. The molecule has 3 nitrogen and oxygen atoms in total. The van der Waals surface area contributed by atoms with Gasteiger partial charge in [-0.2, -0.15) is 127 Å². The molecule has 4 aliphatic rings. The smallest absolute Gasteiger partial charge is 0.416 e. The number of allylic oxidation sites excluding steroid dienone is 4. The number of nitrogens with zero attached hydrogens (tertiary/aromatic N) is 1. The molecule has 0 unspecified atom stereocenters. The van der Waals surface area contributed by atoms with Gasteiger partial charge in [0.25, 0.3) is 0 Å². The summed E-state index contributed by atoms with van der Waals surface area (Å²) >= 11 is 0. The molecule has 0 aromatic heterocycles. The summed E-state index contributed by atoms with van der Waals surface area (Å²) in [5, 5.41) is 0. The van der Waals surface area contributed by atoms with Crippen LogP contribution in [0.2, 0.25) is 0 Å². The molecular weight excluding hydrogens is 1660 g/mol. The van der Waals surface area contributed by atoms with Crippen LogP contribution in [0.15, 0.2) is 193 Å². The fourth-order valence-corrected chi connectivity index (χ4v) is 18.2. The minimum absolute atomic E-state index is 0. The van der Waals surface area contributed by atoms with Gasteiger partial charge in [0, 0.05) is 38.5 Å². The number of hydrogen-bond acceptors (Lipinski definition) is 3. The summed E-state index contributed by atoms with van der Waals surface area (Å²) in [7, 11) is -1.11. The Labute approximate surface area is 616 Å². The molecular formula is C77H71BF24IrNO2P. The van der Waals surface area contributed by atoms with E-state index in [9.17, 15) is 105 Å². The summed E-state index contributed by atoms with van der Waals surface area (Å²) in [6.07, 6.45) is -25.6.